The summed E-state index contributed by atoms with van der Waals surface area (Å²) in [6, 6.07) is 10.0. The third-order valence-electron chi connectivity index (χ3n) is 4.96. The van der Waals surface area contributed by atoms with Gasteiger partial charge in [0, 0.05) is 30.8 Å². The van der Waals surface area contributed by atoms with Gasteiger partial charge in [-0.05, 0) is 43.2 Å². The molecule has 29 heavy (non-hydrogen) atoms. The predicted molar refractivity (Wildman–Crippen MR) is 107 cm³/mol. The third-order valence-corrected chi connectivity index (χ3v) is 6.88. The fourth-order valence-electron chi connectivity index (χ4n) is 3.44. The highest BCUT2D eigenvalue weighted by atomic mass is 32.2. The summed E-state index contributed by atoms with van der Waals surface area (Å²) in [5, 5.41) is 13.6. The van der Waals surface area contributed by atoms with Crippen LogP contribution in [0.1, 0.15) is 24.8 Å². The maximum absolute atomic E-state index is 12.7. The van der Waals surface area contributed by atoms with Gasteiger partial charge < -0.3 is 5.32 Å². The molecule has 1 N–H and O–H groups in total. The van der Waals surface area contributed by atoms with Crippen LogP contribution in [0.4, 0.5) is 17.1 Å². The summed E-state index contributed by atoms with van der Waals surface area (Å²) in [6.07, 6.45) is 2.74. The van der Waals surface area contributed by atoms with Crippen LogP contribution in [0.5, 0.6) is 0 Å². The normalized spacial score (nSPS) is 18.5. The van der Waals surface area contributed by atoms with Gasteiger partial charge in [0.25, 0.3) is 11.6 Å². The third kappa shape index (κ3) is 3.64. The SMILES string of the molecule is O=C1Nc2ccc([N+](=O)[O-])cc2C1=Nc1ccc(S(=O)(=O)N2CCCCC2)cc1. The summed E-state index contributed by atoms with van der Waals surface area (Å²) in [5.41, 5.74) is 1.08. The highest BCUT2D eigenvalue weighted by Crippen LogP contribution is 2.30. The number of nitro groups is 1. The number of aliphatic imine (C=N–C) groups is 1. The van der Waals surface area contributed by atoms with E-state index in [0.29, 0.717) is 30.0 Å². The highest BCUT2D eigenvalue weighted by molar-refractivity contribution is 7.89. The summed E-state index contributed by atoms with van der Waals surface area (Å²) in [6.45, 7) is 1.03. The molecule has 2 aromatic carbocycles. The van der Waals surface area contributed by atoms with E-state index in [2.05, 4.69) is 10.3 Å². The second-order valence-corrected chi connectivity index (χ2v) is 8.80. The van der Waals surface area contributed by atoms with Crippen LogP contribution >= 0.6 is 0 Å². The minimum Gasteiger partial charge on any atom is -0.320 e. The van der Waals surface area contributed by atoms with Crippen molar-refractivity contribution in [3.8, 4) is 0 Å². The van der Waals surface area contributed by atoms with Gasteiger partial charge in [-0.1, -0.05) is 6.42 Å². The lowest BCUT2D eigenvalue weighted by Gasteiger charge is -2.25. The fourth-order valence-corrected chi connectivity index (χ4v) is 4.96. The molecule has 0 spiro atoms. The van der Waals surface area contributed by atoms with E-state index in [1.165, 1.54) is 46.8 Å². The number of non-ortho nitro benzene ring substituents is 1. The Morgan fingerprint density at radius 2 is 1.72 bits per heavy atom. The van der Waals surface area contributed by atoms with E-state index in [-0.39, 0.29) is 16.3 Å². The summed E-state index contributed by atoms with van der Waals surface area (Å²) < 4.78 is 26.9. The van der Waals surface area contributed by atoms with Crippen molar-refractivity contribution in [3.63, 3.8) is 0 Å². The molecule has 2 aliphatic heterocycles. The van der Waals surface area contributed by atoms with E-state index in [0.717, 1.165) is 19.3 Å². The number of nitrogens with zero attached hydrogens (tertiary/aromatic N) is 3. The molecule has 1 saturated heterocycles. The molecule has 1 fully saturated rings. The fraction of sp³-hybridized carbons (Fsp3) is 0.263. The van der Waals surface area contributed by atoms with Gasteiger partial charge in [-0.2, -0.15) is 4.31 Å². The molecule has 150 valence electrons. The number of piperidine rings is 1. The molecule has 2 aromatic rings. The molecule has 0 atom stereocenters. The first-order chi connectivity index (χ1) is 13.9. The number of nitrogens with one attached hydrogen (secondary N) is 1. The number of anilines is 1. The second kappa shape index (κ2) is 7.37. The molecule has 0 unspecified atom stereocenters. The highest BCUT2D eigenvalue weighted by Gasteiger charge is 2.29. The Hall–Kier alpha value is -3.11. The molecule has 0 aromatic heterocycles. The van der Waals surface area contributed by atoms with Crippen molar-refractivity contribution in [1.82, 2.24) is 4.31 Å². The largest absolute Gasteiger partial charge is 0.320 e. The van der Waals surface area contributed by atoms with Gasteiger partial charge in [0.15, 0.2) is 0 Å². The Labute approximate surface area is 167 Å². The summed E-state index contributed by atoms with van der Waals surface area (Å²) in [7, 11) is -3.55. The van der Waals surface area contributed by atoms with Crippen LogP contribution in [0.15, 0.2) is 52.4 Å². The van der Waals surface area contributed by atoms with Crippen LogP contribution in [0.2, 0.25) is 0 Å². The molecule has 2 heterocycles. The Morgan fingerprint density at radius 1 is 1.03 bits per heavy atom. The monoisotopic (exact) mass is 414 g/mol. The van der Waals surface area contributed by atoms with E-state index >= 15 is 0 Å². The molecular weight excluding hydrogens is 396 g/mol. The zero-order chi connectivity index (χ0) is 20.6. The zero-order valence-corrected chi connectivity index (χ0v) is 16.2. The Morgan fingerprint density at radius 3 is 2.38 bits per heavy atom. The molecule has 0 saturated carbocycles. The number of carbonyl (C=O) groups excluding carboxylic acids is 1. The second-order valence-electron chi connectivity index (χ2n) is 6.86. The smallest absolute Gasteiger partial charge is 0.275 e. The standard InChI is InChI=1S/C19H18N4O5S/c24-19-18(16-12-14(23(25)26)6-9-17(16)21-19)20-13-4-7-15(8-5-13)29(27,28)22-10-2-1-3-11-22/h4-9,12H,1-3,10-11H2,(H,20,21,24). The zero-order valence-electron chi connectivity index (χ0n) is 15.4. The molecule has 1 amide bonds. The number of amides is 1. The molecular formula is C19H18N4O5S. The number of rotatable bonds is 4. The van der Waals surface area contributed by atoms with Crippen LogP contribution in [0.25, 0.3) is 0 Å². The van der Waals surface area contributed by atoms with Crippen LogP contribution < -0.4 is 5.32 Å². The average molecular weight is 414 g/mol. The van der Waals surface area contributed by atoms with Gasteiger partial charge in [0.1, 0.15) is 5.71 Å². The topological polar surface area (TPSA) is 122 Å². The van der Waals surface area contributed by atoms with Gasteiger partial charge in [0.05, 0.1) is 21.2 Å². The van der Waals surface area contributed by atoms with Crippen molar-refractivity contribution in [2.24, 2.45) is 4.99 Å². The molecule has 0 aliphatic carbocycles. The quantitative estimate of drug-likeness (QED) is 0.609. The van der Waals surface area contributed by atoms with Crippen LogP contribution in [-0.4, -0.2) is 42.4 Å². The Bertz CT molecular complexity index is 1120. The maximum atomic E-state index is 12.7. The van der Waals surface area contributed by atoms with Crippen molar-refractivity contribution < 1.29 is 18.1 Å². The first kappa shape index (κ1) is 19.2. The van der Waals surface area contributed by atoms with Gasteiger partial charge in [-0.25, -0.2) is 13.4 Å². The van der Waals surface area contributed by atoms with Crippen molar-refractivity contribution in [2.45, 2.75) is 24.2 Å². The lowest BCUT2D eigenvalue weighted by Crippen LogP contribution is -2.35. The van der Waals surface area contributed by atoms with Gasteiger partial charge in [-0.15, -0.1) is 0 Å². The average Bonchev–Trinajstić information content (AvgIpc) is 3.03. The number of hydrogen-bond acceptors (Lipinski definition) is 6. The number of nitro benzene ring substituents is 1. The number of sulfonamides is 1. The maximum Gasteiger partial charge on any atom is 0.275 e. The molecule has 10 heteroatoms. The first-order valence-corrected chi connectivity index (χ1v) is 10.6. The first-order valence-electron chi connectivity index (χ1n) is 9.15. The van der Waals surface area contributed by atoms with Crippen LogP contribution in [0.3, 0.4) is 0 Å². The van der Waals surface area contributed by atoms with E-state index in [4.69, 9.17) is 0 Å². The van der Waals surface area contributed by atoms with E-state index in [1.54, 1.807) is 0 Å². The van der Waals surface area contributed by atoms with E-state index in [1.807, 2.05) is 0 Å². The number of carbonyl (C=O) groups is 1. The number of fused-ring (bicyclic) bond motifs is 1. The summed E-state index contributed by atoms with van der Waals surface area (Å²) >= 11 is 0. The molecule has 2 aliphatic rings. The number of benzene rings is 2. The minimum absolute atomic E-state index is 0.0512. The van der Waals surface area contributed by atoms with Crippen molar-refractivity contribution in [1.29, 1.82) is 0 Å². The molecule has 0 radical (unpaired) electrons. The van der Waals surface area contributed by atoms with Gasteiger partial charge >= 0.3 is 0 Å². The Kier molecular flexibility index (Phi) is 4.89. The number of hydrogen-bond donors (Lipinski definition) is 1. The van der Waals surface area contributed by atoms with E-state index in [9.17, 15) is 23.3 Å². The summed E-state index contributed by atoms with van der Waals surface area (Å²) in [4.78, 5) is 27.2. The van der Waals surface area contributed by atoms with Crippen LogP contribution in [-0.2, 0) is 14.8 Å². The van der Waals surface area contributed by atoms with Crippen molar-refractivity contribution >= 4 is 38.7 Å². The predicted octanol–water partition coefficient (Wildman–Crippen LogP) is 2.84. The molecule has 9 nitrogen and oxygen atoms in total. The van der Waals surface area contributed by atoms with Gasteiger partial charge in [-0.3, -0.25) is 14.9 Å². The Balaban J connectivity index is 1.64. The van der Waals surface area contributed by atoms with Gasteiger partial charge in [0.2, 0.25) is 10.0 Å². The van der Waals surface area contributed by atoms with Crippen molar-refractivity contribution in [3.05, 3.63) is 58.1 Å². The van der Waals surface area contributed by atoms with Crippen LogP contribution in [0, 0.1) is 10.1 Å². The van der Waals surface area contributed by atoms with E-state index < -0.39 is 20.9 Å². The van der Waals surface area contributed by atoms with Crippen molar-refractivity contribution in [2.75, 3.05) is 18.4 Å². The minimum atomic E-state index is -3.55. The molecule has 0 bridgehead atoms. The molecule has 4 rings (SSSR count). The lowest BCUT2D eigenvalue weighted by atomic mass is 10.1. The summed E-state index contributed by atoms with van der Waals surface area (Å²) in [5.74, 6) is -0.467. The lowest BCUT2D eigenvalue weighted by molar-refractivity contribution is -0.384.